The fourth-order valence-corrected chi connectivity index (χ4v) is 3.38. The average molecular weight is 368 g/mol. The van der Waals surface area contributed by atoms with Gasteiger partial charge in [0.25, 0.3) is 0 Å². The molecule has 1 atom stereocenters. The number of nitrogens with zero attached hydrogens (tertiary/aromatic N) is 1. The Kier molecular flexibility index (Phi) is 4.35. The van der Waals surface area contributed by atoms with Crippen molar-refractivity contribution in [2.45, 2.75) is 12.3 Å². The smallest absolute Gasteiger partial charge is 0.116 e. The van der Waals surface area contributed by atoms with Gasteiger partial charge in [-0.05, 0) is 35.3 Å². The number of hydrogen-bond donors (Lipinski definition) is 2. The van der Waals surface area contributed by atoms with E-state index in [-0.39, 0.29) is 11.7 Å². The molecule has 0 saturated carbocycles. The number of fused-ring (bicyclic) bond motifs is 1. The van der Waals surface area contributed by atoms with Crippen LogP contribution in [-0.4, -0.2) is 6.21 Å². The van der Waals surface area contributed by atoms with Crippen LogP contribution in [0.25, 0.3) is 5.70 Å². The topological polar surface area (TPSA) is 64.4 Å². The maximum absolute atomic E-state index is 6.36. The van der Waals surface area contributed by atoms with Crippen LogP contribution >= 0.6 is 15.9 Å². The molecule has 0 spiro atoms. The van der Waals surface area contributed by atoms with E-state index in [4.69, 9.17) is 11.5 Å². The molecule has 0 fully saturated rings. The van der Waals surface area contributed by atoms with Crippen molar-refractivity contribution in [3.05, 3.63) is 87.7 Å². The molecule has 1 aliphatic carbocycles. The Labute approximate surface area is 144 Å². The fraction of sp³-hybridized carbons (Fsp3) is 0.105. The first kappa shape index (κ1) is 15.6. The zero-order valence-electron chi connectivity index (χ0n) is 12.7. The van der Waals surface area contributed by atoms with Gasteiger partial charge in [-0.15, -0.1) is 0 Å². The third-order valence-corrected chi connectivity index (χ3v) is 4.53. The molecule has 0 bridgehead atoms. The summed E-state index contributed by atoms with van der Waals surface area (Å²) < 4.78 is 1.07. The van der Waals surface area contributed by atoms with Crippen LogP contribution in [-0.2, 0) is 0 Å². The van der Waals surface area contributed by atoms with Crippen molar-refractivity contribution < 1.29 is 0 Å². The molecule has 1 unspecified atom stereocenters. The van der Waals surface area contributed by atoms with Crippen molar-refractivity contribution in [3.63, 3.8) is 0 Å². The van der Waals surface area contributed by atoms with Gasteiger partial charge in [0, 0.05) is 27.9 Å². The van der Waals surface area contributed by atoms with E-state index in [1.807, 2.05) is 12.1 Å². The number of halogens is 1. The maximum Gasteiger partial charge on any atom is 0.116 e. The molecule has 23 heavy (non-hydrogen) atoms. The second kappa shape index (κ2) is 6.42. The van der Waals surface area contributed by atoms with E-state index in [0.29, 0.717) is 0 Å². The van der Waals surface area contributed by atoms with Crippen LogP contribution in [0.2, 0.25) is 0 Å². The van der Waals surface area contributed by atoms with E-state index < -0.39 is 0 Å². The van der Waals surface area contributed by atoms with Crippen molar-refractivity contribution >= 4 is 27.8 Å². The third kappa shape index (κ3) is 3.22. The Balaban J connectivity index is 2.11. The number of allylic oxidation sites excluding steroid dienone is 1. The normalized spacial score (nSPS) is 17.3. The molecule has 0 aromatic heterocycles. The lowest BCUT2D eigenvalue weighted by atomic mass is 9.78. The standard InChI is InChI=1S/C19H18BrN3/c1-12(21)23-11-14-10-18(13-5-4-6-15(20)9-13)16-7-2-3-8-17(16)19(14)22/h2-9,11,18H,1,10,21-22H2/b23-11-. The third-order valence-electron chi connectivity index (χ3n) is 4.03. The zero-order valence-corrected chi connectivity index (χ0v) is 14.3. The predicted octanol–water partition coefficient (Wildman–Crippen LogP) is 4.16. The highest BCUT2D eigenvalue weighted by atomic mass is 79.9. The van der Waals surface area contributed by atoms with Crippen LogP contribution in [0.3, 0.4) is 0 Å². The molecular formula is C19H18BrN3. The molecule has 4 N–H and O–H groups in total. The molecule has 4 heteroatoms. The Morgan fingerprint density at radius 3 is 2.74 bits per heavy atom. The van der Waals surface area contributed by atoms with Gasteiger partial charge >= 0.3 is 0 Å². The number of hydrogen-bond acceptors (Lipinski definition) is 3. The lowest BCUT2D eigenvalue weighted by molar-refractivity contribution is 0.798. The molecule has 0 amide bonds. The molecular weight excluding hydrogens is 350 g/mol. The van der Waals surface area contributed by atoms with Crippen LogP contribution in [0.5, 0.6) is 0 Å². The van der Waals surface area contributed by atoms with Crippen molar-refractivity contribution in [2.24, 2.45) is 16.5 Å². The van der Waals surface area contributed by atoms with Gasteiger partial charge in [0.15, 0.2) is 0 Å². The fourth-order valence-electron chi connectivity index (χ4n) is 2.96. The molecule has 3 rings (SSSR count). The summed E-state index contributed by atoms with van der Waals surface area (Å²) in [5.74, 6) is 0.520. The first-order chi connectivity index (χ1) is 11.1. The summed E-state index contributed by atoms with van der Waals surface area (Å²) in [4.78, 5) is 4.13. The highest BCUT2D eigenvalue weighted by Crippen LogP contribution is 2.40. The zero-order chi connectivity index (χ0) is 16.4. The molecule has 2 aromatic carbocycles. The Bertz CT molecular complexity index is 821. The second-order valence-corrected chi connectivity index (χ2v) is 6.50. The van der Waals surface area contributed by atoms with E-state index in [1.54, 1.807) is 6.21 Å². The second-order valence-electron chi connectivity index (χ2n) is 5.59. The summed E-state index contributed by atoms with van der Waals surface area (Å²) >= 11 is 3.55. The Hall–Kier alpha value is -2.33. The Morgan fingerprint density at radius 1 is 1.22 bits per heavy atom. The van der Waals surface area contributed by atoms with Crippen molar-refractivity contribution in [1.29, 1.82) is 0 Å². The number of benzene rings is 2. The van der Waals surface area contributed by atoms with Crippen LogP contribution in [0, 0.1) is 0 Å². The van der Waals surface area contributed by atoms with E-state index in [0.717, 1.165) is 27.7 Å². The highest BCUT2D eigenvalue weighted by Gasteiger charge is 2.25. The van der Waals surface area contributed by atoms with Gasteiger partial charge in [-0.2, -0.15) is 0 Å². The summed E-state index contributed by atoms with van der Waals surface area (Å²) in [6.07, 6.45) is 2.52. The maximum atomic E-state index is 6.36. The summed E-state index contributed by atoms with van der Waals surface area (Å²) in [5, 5.41) is 0. The van der Waals surface area contributed by atoms with Crippen molar-refractivity contribution in [2.75, 3.05) is 0 Å². The molecule has 3 nitrogen and oxygen atoms in total. The van der Waals surface area contributed by atoms with Crippen molar-refractivity contribution in [1.82, 2.24) is 0 Å². The number of rotatable bonds is 3. The van der Waals surface area contributed by atoms with E-state index in [9.17, 15) is 0 Å². The lowest BCUT2D eigenvalue weighted by Crippen LogP contribution is -2.17. The van der Waals surface area contributed by atoms with Crippen LogP contribution in [0.1, 0.15) is 29.0 Å². The average Bonchev–Trinajstić information content (AvgIpc) is 2.54. The molecule has 0 aliphatic heterocycles. The van der Waals surface area contributed by atoms with E-state index in [2.05, 4.69) is 63.9 Å². The summed E-state index contributed by atoms with van der Waals surface area (Å²) in [6, 6.07) is 16.6. The Morgan fingerprint density at radius 2 is 2.00 bits per heavy atom. The minimum atomic E-state index is 0.239. The molecule has 0 radical (unpaired) electrons. The largest absolute Gasteiger partial charge is 0.398 e. The van der Waals surface area contributed by atoms with Gasteiger partial charge < -0.3 is 11.5 Å². The minimum Gasteiger partial charge on any atom is -0.398 e. The van der Waals surface area contributed by atoms with E-state index >= 15 is 0 Å². The van der Waals surface area contributed by atoms with Crippen LogP contribution in [0.15, 0.2) is 76.0 Å². The summed E-state index contributed by atoms with van der Waals surface area (Å²) in [7, 11) is 0. The van der Waals surface area contributed by atoms with Gasteiger partial charge in [0.2, 0.25) is 0 Å². The monoisotopic (exact) mass is 367 g/mol. The summed E-state index contributed by atoms with van der Waals surface area (Å²) in [5.41, 5.74) is 17.2. The van der Waals surface area contributed by atoms with Gasteiger partial charge in [0.05, 0.1) is 0 Å². The molecule has 2 aromatic rings. The first-order valence-electron chi connectivity index (χ1n) is 7.38. The van der Waals surface area contributed by atoms with Gasteiger partial charge in [-0.3, -0.25) is 0 Å². The molecule has 1 aliphatic rings. The van der Waals surface area contributed by atoms with Crippen LogP contribution in [0.4, 0.5) is 0 Å². The molecule has 0 saturated heterocycles. The quantitative estimate of drug-likeness (QED) is 0.800. The van der Waals surface area contributed by atoms with Gasteiger partial charge in [-0.25, -0.2) is 4.99 Å². The van der Waals surface area contributed by atoms with E-state index in [1.165, 1.54) is 11.1 Å². The first-order valence-corrected chi connectivity index (χ1v) is 8.17. The van der Waals surface area contributed by atoms with Gasteiger partial charge in [-0.1, -0.05) is 58.9 Å². The number of nitrogens with two attached hydrogens (primary N) is 2. The van der Waals surface area contributed by atoms with Crippen molar-refractivity contribution in [3.8, 4) is 0 Å². The minimum absolute atomic E-state index is 0.239. The lowest BCUT2D eigenvalue weighted by Gasteiger charge is -2.27. The molecule has 116 valence electrons. The predicted molar refractivity (Wildman–Crippen MR) is 100.0 cm³/mol. The van der Waals surface area contributed by atoms with Crippen LogP contribution < -0.4 is 11.5 Å². The molecule has 0 heterocycles. The SMILES string of the molecule is C=C(N)/N=C\C1=C(N)c2ccccc2C(c2cccc(Br)c2)C1. The highest BCUT2D eigenvalue weighted by molar-refractivity contribution is 9.10. The number of aliphatic imine (C=N–C) groups is 1. The van der Waals surface area contributed by atoms with Gasteiger partial charge in [0.1, 0.15) is 5.82 Å². The summed E-state index contributed by atoms with van der Waals surface area (Å²) in [6.45, 7) is 3.61.